The Labute approximate surface area is 154 Å². The molecule has 7 heteroatoms. The number of anilines is 1. The lowest BCUT2D eigenvalue weighted by Crippen LogP contribution is -2.48. The van der Waals surface area contributed by atoms with Gasteiger partial charge in [-0.3, -0.25) is 9.59 Å². The molecule has 0 aromatic carbocycles. The number of likely N-dealkylation sites (tertiary alicyclic amines) is 1. The molecule has 3 rings (SSSR count). The van der Waals surface area contributed by atoms with Gasteiger partial charge < -0.3 is 19.4 Å². The van der Waals surface area contributed by atoms with E-state index in [1.54, 1.807) is 11.1 Å². The smallest absolute Gasteiger partial charge is 0.248 e. The first-order chi connectivity index (χ1) is 12.5. The average molecular weight is 360 g/mol. The van der Waals surface area contributed by atoms with E-state index >= 15 is 0 Å². The highest BCUT2D eigenvalue weighted by atomic mass is 16.5. The van der Waals surface area contributed by atoms with Gasteiger partial charge in [0.05, 0.1) is 5.41 Å². The quantitative estimate of drug-likeness (QED) is 0.797. The van der Waals surface area contributed by atoms with E-state index in [9.17, 15) is 9.59 Å². The number of rotatable bonds is 4. The van der Waals surface area contributed by atoms with Crippen molar-refractivity contribution in [3.05, 3.63) is 24.4 Å². The summed E-state index contributed by atoms with van der Waals surface area (Å²) in [6.45, 7) is 2.74. The monoisotopic (exact) mass is 360 g/mol. The summed E-state index contributed by atoms with van der Waals surface area (Å²) in [6.07, 6.45) is 3.38. The molecule has 2 aliphatic rings. The van der Waals surface area contributed by atoms with Gasteiger partial charge >= 0.3 is 0 Å². The Bertz CT molecular complexity index is 651. The molecule has 7 nitrogen and oxygen atoms in total. The Kier molecular flexibility index (Phi) is 5.46. The first-order valence-corrected chi connectivity index (χ1v) is 9.12. The van der Waals surface area contributed by atoms with Crippen molar-refractivity contribution in [3.63, 3.8) is 0 Å². The van der Waals surface area contributed by atoms with Gasteiger partial charge in [-0.1, -0.05) is 6.07 Å². The summed E-state index contributed by atoms with van der Waals surface area (Å²) in [6, 6.07) is 5.84. The predicted molar refractivity (Wildman–Crippen MR) is 98.8 cm³/mol. The third kappa shape index (κ3) is 3.40. The zero-order valence-electron chi connectivity index (χ0n) is 15.9. The summed E-state index contributed by atoms with van der Waals surface area (Å²) in [5.41, 5.74) is -0.469. The number of carbonyl (C=O) groups is 2. The zero-order valence-corrected chi connectivity index (χ0v) is 15.9. The second-order valence-electron chi connectivity index (χ2n) is 7.50. The molecule has 1 aromatic heterocycles. The fourth-order valence-electron chi connectivity index (χ4n) is 4.38. The molecule has 2 amide bonds. The molecule has 2 fully saturated rings. The van der Waals surface area contributed by atoms with Crippen LogP contribution >= 0.6 is 0 Å². The lowest BCUT2D eigenvalue weighted by Gasteiger charge is -2.34. The zero-order chi connectivity index (χ0) is 18.7. The maximum Gasteiger partial charge on any atom is 0.248 e. The van der Waals surface area contributed by atoms with Gasteiger partial charge in [-0.15, -0.1) is 0 Å². The number of hydrogen-bond acceptors (Lipinski definition) is 5. The van der Waals surface area contributed by atoms with Crippen LogP contribution in [0.15, 0.2) is 24.4 Å². The van der Waals surface area contributed by atoms with E-state index in [1.807, 2.05) is 37.2 Å². The van der Waals surface area contributed by atoms with E-state index in [0.29, 0.717) is 19.6 Å². The first kappa shape index (κ1) is 18.6. The van der Waals surface area contributed by atoms with E-state index in [2.05, 4.69) is 9.88 Å². The third-order valence-electron chi connectivity index (χ3n) is 5.61. The second-order valence-corrected chi connectivity index (χ2v) is 7.50. The fourth-order valence-corrected chi connectivity index (χ4v) is 4.38. The number of carbonyl (C=O) groups excluding carboxylic acids is 2. The third-order valence-corrected chi connectivity index (χ3v) is 5.61. The number of aromatic nitrogens is 1. The van der Waals surface area contributed by atoms with Gasteiger partial charge in [-0.2, -0.15) is 0 Å². The standard InChI is InChI=1S/C19H28N4O3/c1-21(2)18(25)19-8-6-10-22(17(24)13-26-3)11-15(19)12-23(14-19)16-7-4-5-9-20-16/h4-5,7,9,15H,6,8,10-14H2,1-3H3/t15-,19-/m0/s1. The number of amides is 2. The summed E-state index contributed by atoms with van der Waals surface area (Å²) in [7, 11) is 5.17. The SMILES string of the molecule is COCC(=O)N1CCC[C@]2(C(=O)N(C)C)CN(c3ccccn3)C[C@@H]2C1. The highest BCUT2D eigenvalue weighted by Crippen LogP contribution is 2.44. The molecular formula is C19H28N4O3. The molecule has 2 aliphatic heterocycles. The molecule has 0 aliphatic carbocycles. The normalized spacial score (nSPS) is 25.6. The van der Waals surface area contributed by atoms with Gasteiger partial charge in [-0.25, -0.2) is 4.98 Å². The molecular weight excluding hydrogens is 332 g/mol. The average Bonchev–Trinajstić information content (AvgIpc) is 2.90. The minimum atomic E-state index is -0.469. The van der Waals surface area contributed by atoms with Gasteiger partial charge in [0.25, 0.3) is 0 Å². The summed E-state index contributed by atoms with van der Waals surface area (Å²) in [4.78, 5) is 35.8. The van der Waals surface area contributed by atoms with Crippen molar-refractivity contribution in [2.75, 3.05) is 58.9 Å². The topological polar surface area (TPSA) is 66.0 Å². The molecule has 0 saturated carbocycles. The molecule has 1 aromatic rings. The van der Waals surface area contributed by atoms with E-state index in [1.165, 1.54) is 7.11 Å². The molecule has 0 spiro atoms. The van der Waals surface area contributed by atoms with Crippen molar-refractivity contribution in [1.82, 2.24) is 14.8 Å². The molecule has 142 valence electrons. The Balaban J connectivity index is 1.90. The van der Waals surface area contributed by atoms with Crippen LogP contribution in [-0.4, -0.2) is 80.6 Å². The van der Waals surface area contributed by atoms with Crippen molar-refractivity contribution in [2.24, 2.45) is 11.3 Å². The van der Waals surface area contributed by atoms with E-state index in [0.717, 1.165) is 25.2 Å². The second kappa shape index (κ2) is 7.61. The molecule has 0 unspecified atom stereocenters. The van der Waals surface area contributed by atoms with Crippen molar-refractivity contribution >= 4 is 17.6 Å². The van der Waals surface area contributed by atoms with Gasteiger partial charge in [-0.05, 0) is 25.0 Å². The maximum atomic E-state index is 13.2. The maximum absolute atomic E-state index is 13.2. The Morgan fingerprint density at radius 2 is 2.15 bits per heavy atom. The Morgan fingerprint density at radius 3 is 2.81 bits per heavy atom. The summed E-state index contributed by atoms with van der Waals surface area (Å²) >= 11 is 0. The van der Waals surface area contributed by atoms with Gasteiger partial charge in [0.2, 0.25) is 11.8 Å². The molecule has 0 radical (unpaired) electrons. The van der Waals surface area contributed by atoms with Crippen molar-refractivity contribution in [1.29, 1.82) is 0 Å². The van der Waals surface area contributed by atoms with Crippen molar-refractivity contribution in [2.45, 2.75) is 12.8 Å². The number of fused-ring (bicyclic) bond motifs is 1. The number of methoxy groups -OCH3 is 1. The molecule has 26 heavy (non-hydrogen) atoms. The van der Waals surface area contributed by atoms with E-state index in [-0.39, 0.29) is 24.3 Å². The van der Waals surface area contributed by atoms with Crippen LogP contribution in [0.5, 0.6) is 0 Å². The van der Waals surface area contributed by atoms with Crippen LogP contribution < -0.4 is 4.90 Å². The highest BCUT2D eigenvalue weighted by Gasteiger charge is 2.54. The van der Waals surface area contributed by atoms with Gasteiger partial charge in [0.15, 0.2) is 0 Å². The van der Waals surface area contributed by atoms with Crippen LogP contribution in [0.3, 0.4) is 0 Å². The number of nitrogens with zero attached hydrogens (tertiary/aromatic N) is 4. The fraction of sp³-hybridized carbons (Fsp3) is 0.632. The van der Waals surface area contributed by atoms with Crippen LogP contribution in [0.4, 0.5) is 5.82 Å². The van der Waals surface area contributed by atoms with Crippen LogP contribution in [0.25, 0.3) is 0 Å². The van der Waals surface area contributed by atoms with Crippen molar-refractivity contribution < 1.29 is 14.3 Å². The van der Waals surface area contributed by atoms with Gasteiger partial charge in [0.1, 0.15) is 12.4 Å². The molecule has 2 atom stereocenters. The predicted octanol–water partition coefficient (Wildman–Crippen LogP) is 0.861. The summed E-state index contributed by atoms with van der Waals surface area (Å²) < 4.78 is 5.02. The van der Waals surface area contributed by atoms with Crippen LogP contribution in [0.2, 0.25) is 0 Å². The number of ether oxygens (including phenoxy) is 1. The lowest BCUT2D eigenvalue weighted by atomic mass is 9.74. The van der Waals surface area contributed by atoms with Crippen molar-refractivity contribution in [3.8, 4) is 0 Å². The number of hydrogen-bond donors (Lipinski definition) is 0. The Morgan fingerprint density at radius 1 is 1.35 bits per heavy atom. The van der Waals surface area contributed by atoms with Crippen LogP contribution in [-0.2, 0) is 14.3 Å². The Hall–Kier alpha value is -2.15. The summed E-state index contributed by atoms with van der Waals surface area (Å²) in [5.74, 6) is 1.13. The molecule has 0 N–H and O–H groups in total. The van der Waals surface area contributed by atoms with E-state index < -0.39 is 5.41 Å². The molecule has 2 saturated heterocycles. The first-order valence-electron chi connectivity index (χ1n) is 9.12. The lowest BCUT2D eigenvalue weighted by molar-refractivity contribution is -0.142. The summed E-state index contributed by atoms with van der Waals surface area (Å²) in [5, 5.41) is 0. The minimum absolute atomic E-state index is 0.00288. The highest BCUT2D eigenvalue weighted by molar-refractivity contribution is 5.85. The van der Waals surface area contributed by atoms with Crippen LogP contribution in [0, 0.1) is 11.3 Å². The minimum Gasteiger partial charge on any atom is -0.375 e. The van der Waals surface area contributed by atoms with E-state index in [4.69, 9.17) is 4.74 Å². The molecule has 0 bridgehead atoms. The molecule has 3 heterocycles. The van der Waals surface area contributed by atoms with Gasteiger partial charge in [0, 0.05) is 59.5 Å². The van der Waals surface area contributed by atoms with Crippen LogP contribution in [0.1, 0.15) is 12.8 Å². The number of pyridine rings is 1. The largest absolute Gasteiger partial charge is 0.375 e.